The van der Waals surface area contributed by atoms with Gasteiger partial charge in [0.05, 0.1) is 18.6 Å². The molecule has 1 aromatic rings. The van der Waals surface area contributed by atoms with Gasteiger partial charge < -0.3 is 10.3 Å². The highest BCUT2D eigenvalue weighted by atomic mass is 15.1. The van der Waals surface area contributed by atoms with Crippen molar-refractivity contribution in [1.29, 1.82) is 5.26 Å². The van der Waals surface area contributed by atoms with Crippen molar-refractivity contribution in [3.05, 3.63) is 12.5 Å². The van der Waals surface area contributed by atoms with Crippen LogP contribution in [0.15, 0.2) is 12.5 Å². The summed E-state index contributed by atoms with van der Waals surface area (Å²) in [7, 11) is 0. The minimum absolute atomic E-state index is 0.299. The van der Waals surface area contributed by atoms with Crippen LogP contribution in [-0.2, 0) is 0 Å². The Labute approximate surface area is 64.3 Å². The fourth-order valence-corrected chi connectivity index (χ4v) is 0.972. The molecule has 0 aliphatic heterocycles. The van der Waals surface area contributed by atoms with Crippen molar-refractivity contribution in [2.75, 3.05) is 5.32 Å². The summed E-state index contributed by atoms with van der Waals surface area (Å²) in [6, 6.07) is 2.23. The van der Waals surface area contributed by atoms with Gasteiger partial charge in [-0.1, -0.05) is 0 Å². The first-order chi connectivity index (χ1) is 5.35. The molecule has 1 aliphatic rings. The monoisotopic (exact) mass is 148 g/mol. The van der Waals surface area contributed by atoms with E-state index in [1.807, 2.05) is 0 Å². The summed E-state index contributed by atoms with van der Waals surface area (Å²) in [5, 5.41) is 11.8. The second-order valence-electron chi connectivity index (χ2n) is 2.78. The van der Waals surface area contributed by atoms with Crippen molar-refractivity contribution in [3.63, 3.8) is 0 Å². The normalized spacial score (nSPS) is 18.8. The summed E-state index contributed by atoms with van der Waals surface area (Å²) in [4.78, 5) is 6.74. The predicted octanol–water partition coefficient (Wildman–Crippen LogP) is 0.878. The van der Waals surface area contributed by atoms with Crippen LogP contribution in [0.1, 0.15) is 12.8 Å². The van der Waals surface area contributed by atoms with Gasteiger partial charge in [0.2, 0.25) is 0 Å². The molecule has 2 N–H and O–H groups in total. The third-order valence-electron chi connectivity index (χ3n) is 1.84. The maximum atomic E-state index is 8.71. The number of H-pyrrole nitrogens is 1. The third kappa shape index (κ3) is 1.05. The Morgan fingerprint density at radius 3 is 3.00 bits per heavy atom. The second-order valence-corrected chi connectivity index (χ2v) is 2.78. The molecule has 4 nitrogen and oxygen atoms in total. The Morgan fingerprint density at radius 1 is 1.73 bits per heavy atom. The molecule has 0 amide bonds. The van der Waals surface area contributed by atoms with Crippen molar-refractivity contribution >= 4 is 5.82 Å². The van der Waals surface area contributed by atoms with Crippen molar-refractivity contribution in [2.24, 2.45) is 0 Å². The Kier molecular flexibility index (Phi) is 1.13. The fraction of sp³-hybridized carbons (Fsp3) is 0.429. The van der Waals surface area contributed by atoms with Crippen LogP contribution in [0.4, 0.5) is 5.82 Å². The van der Waals surface area contributed by atoms with Gasteiger partial charge in [0.1, 0.15) is 11.4 Å². The van der Waals surface area contributed by atoms with Crippen molar-refractivity contribution in [2.45, 2.75) is 18.4 Å². The number of nitriles is 1. The van der Waals surface area contributed by atoms with Gasteiger partial charge in [-0.2, -0.15) is 5.26 Å². The van der Waals surface area contributed by atoms with Crippen LogP contribution in [0.5, 0.6) is 0 Å². The molecule has 1 aromatic heterocycles. The summed E-state index contributed by atoms with van der Waals surface area (Å²) < 4.78 is 0. The number of nitrogens with zero attached hydrogens (tertiary/aromatic N) is 2. The lowest BCUT2D eigenvalue weighted by atomic mass is 10.3. The van der Waals surface area contributed by atoms with E-state index in [4.69, 9.17) is 5.26 Å². The average molecular weight is 148 g/mol. The van der Waals surface area contributed by atoms with Gasteiger partial charge in [-0.15, -0.1) is 0 Å². The molecule has 0 radical (unpaired) electrons. The van der Waals surface area contributed by atoms with Gasteiger partial charge in [0, 0.05) is 0 Å². The number of aromatic amines is 1. The second kappa shape index (κ2) is 1.99. The molecule has 0 spiro atoms. The molecule has 2 rings (SSSR count). The molecule has 56 valence electrons. The van der Waals surface area contributed by atoms with Crippen LogP contribution in [0.3, 0.4) is 0 Å². The molecule has 1 fully saturated rings. The van der Waals surface area contributed by atoms with E-state index in [-0.39, 0.29) is 5.54 Å². The Morgan fingerprint density at radius 2 is 2.55 bits per heavy atom. The molecule has 0 aromatic carbocycles. The first-order valence-electron chi connectivity index (χ1n) is 3.52. The van der Waals surface area contributed by atoms with Crippen LogP contribution in [-0.4, -0.2) is 15.5 Å². The minimum Gasteiger partial charge on any atom is -0.352 e. The van der Waals surface area contributed by atoms with Gasteiger partial charge in [-0.25, -0.2) is 4.98 Å². The van der Waals surface area contributed by atoms with Crippen molar-refractivity contribution in [3.8, 4) is 6.07 Å². The highest BCUT2D eigenvalue weighted by Crippen LogP contribution is 2.37. The SMILES string of the molecule is N#CC1(Nc2cnc[nH]2)CC1. The number of hydrogen-bond donors (Lipinski definition) is 2. The summed E-state index contributed by atoms with van der Waals surface area (Å²) in [5.74, 6) is 0.823. The quantitative estimate of drug-likeness (QED) is 0.654. The van der Waals surface area contributed by atoms with Crippen molar-refractivity contribution in [1.82, 2.24) is 9.97 Å². The lowest BCUT2D eigenvalue weighted by Crippen LogP contribution is -2.18. The van der Waals surface area contributed by atoms with Crippen LogP contribution < -0.4 is 5.32 Å². The number of imidazole rings is 1. The molecule has 1 aliphatic carbocycles. The number of hydrogen-bond acceptors (Lipinski definition) is 3. The molecule has 1 heterocycles. The molecule has 0 atom stereocenters. The zero-order valence-electron chi connectivity index (χ0n) is 5.96. The van der Waals surface area contributed by atoms with Gasteiger partial charge in [0.25, 0.3) is 0 Å². The third-order valence-corrected chi connectivity index (χ3v) is 1.84. The van der Waals surface area contributed by atoms with Crippen LogP contribution in [0.25, 0.3) is 0 Å². The van der Waals surface area contributed by atoms with Crippen LogP contribution >= 0.6 is 0 Å². The molecule has 1 saturated carbocycles. The van der Waals surface area contributed by atoms with E-state index in [0.29, 0.717) is 0 Å². The number of rotatable bonds is 2. The predicted molar refractivity (Wildman–Crippen MR) is 39.8 cm³/mol. The Balaban J connectivity index is 2.08. The Hall–Kier alpha value is -1.50. The topological polar surface area (TPSA) is 64.5 Å². The standard InChI is InChI=1S/C7H8N4/c8-4-7(1-2-7)11-6-3-9-5-10-6/h3,5,11H,1-2H2,(H,9,10). The van der Waals surface area contributed by atoms with E-state index in [9.17, 15) is 0 Å². The highest BCUT2D eigenvalue weighted by molar-refractivity contribution is 5.42. The number of aromatic nitrogens is 2. The average Bonchev–Trinajstić information content (AvgIpc) is 2.59. The zero-order valence-corrected chi connectivity index (χ0v) is 5.96. The molecule has 0 saturated heterocycles. The van der Waals surface area contributed by atoms with E-state index in [1.165, 1.54) is 0 Å². The largest absolute Gasteiger partial charge is 0.352 e. The first-order valence-corrected chi connectivity index (χ1v) is 3.52. The molecule has 11 heavy (non-hydrogen) atoms. The van der Waals surface area contributed by atoms with E-state index in [1.54, 1.807) is 12.5 Å². The van der Waals surface area contributed by atoms with E-state index in [2.05, 4.69) is 21.4 Å². The van der Waals surface area contributed by atoms with E-state index in [0.717, 1.165) is 18.7 Å². The van der Waals surface area contributed by atoms with Gasteiger partial charge in [0.15, 0.2) is 0 Å². The van der Waals surface area contributed by atoms with E-state index < -0.39 is 0 Å². The number of anilines is 1. The molecular weight excluding hydrogens is 140 g/mol. The first kappa shape index (κ1) is 6.23. The van der Waals surface area contributed by atoms with Crippen LogP contribution in [0, 0.1) is 11.3 Å². The molecule has 4 heteroatoms. The van der Waals surface area contributed by atoms with Gasteiger partial charge in [-0.05, 0) is 12.8 Å². The lowest BCUT2D eigenvalue weighted by Gasteiger charge is -2.06. The maximum absolute atomic E-state index is 8.71. The minimum atomic E-state index is -0.299. The summed E-state index contributed by atoms with van der Waals surface area (Å²) in [5.41, 5.74) is -0.299. The van der Waals surface area contributed by atoms with E-state index >= 15 is 0 Å². The highest BCUT2D eigenvalue weighted by Gasteiger charge is 2.43. The maximum Gasteiger partial charge on any atom is 0.126 e. The summed E-state index contributed by atoms with van der Waals surface area (Å²) in [6.07, 6.45) is 5.14. The Bertz CT molecular complexity index is 278. The molecule has 0 bridgehead atoms. The fourth-order valence-electron chi connectivity index (χ4n) is 0.972. The molecular formula is C7H8N4. The van der Waals surface area contributed by atoms with Crippen molar-refractivity contribution < 1.29 is 0 Å². The number of nitrogens with one attached hydrogen (secondary N) is 2. The molecule has 0 unspecified atom stereocenters. The lowest BCUT2D eigenvalue weighted by molar-refractivity contribution is 0.936. The summed E-state index contributed by atoms with van der Waals surface area (Å²) in [6.45, 7) is 0. The van der Waals surface area contributed by atoms with Gasteiger partial charge >= 0.3 is 0 Å². The van der Waals surface area contributed by atoms with Crippen LogP contribution in [0.2, 0.25) is 0 Å². The summed E-state index contributed by atoms with van der Waals surface area (Å²) >= 11 is 0. The van der Waals surface area contributed by atoms with Gasteiger partial charge in [-0.3, -0.25) is 0 Å². The zero-order chi connectivity index (χ0) is 7.73. The smallest absolute Gasteiger partial charge is 0.126 e.